The zero-order chi connectivity index (χ0) is 27.1. The number of anilines is 4. The molecule has 0 atom stereocenters. The van der Waals surface area contributed by atoms with Crippen molar-refractivity contribution >= 4 is 40.2 Å². The summed E-state index contributed by atoms with van der Waals surface area (Å²) in [5.41, 5.74) is 9.29. The van der Waals surface area contributed by atoms with Crippen molar-refractivity contribution in [1.29, 1.82) is 0 Å². The zero-order valence-electron chi connectivity index (χ0n) is 20.0. The van der Waals surface area contributed by atoms with Crippen molar-refractivity contribution < 1.29 is 18.0 Å². The number of nitrogens with zero attached hydrogens (tertiary/aromatic N) is 3. The third kappa shape index (κ3) is 6.51. The summed E-state index contributed by atoms with van der Waals surface area (Å²) in [5, 5.41) is 6.00. The molecule has 2 aromatic heterocycles. The van der Waals surface area contributed by atoms with E-state index in [1.807, 2.05) is 12.1 Å². The van der Waals surface area contributed by atoms with Crippen molar-refractivity contribution in [3.05, 3.63) is 102 Å². The van der Waals surface area contributed by atoms with Crippen LogP contribution in [-0.4, -0.2) is 21.4 Å². The van der Waals surface area contributed by atoms with Crippen molar-refractivity contribution in [2.75, 3.05) is 16.4 Å². The topological polar surface area (TPSA) is 106 Å². The molecule has 4 N–H and O–H groups in total. The van der Waals surface area contributed by atoms with Gasteiger partial charge in [0.2, 0.25) is 12.4 Å². The highest BCUT2D eigenvalue weighted by Crippen LogP contribution is 2.38. The monoisotopic (exact) mass is 534 g/mol. The van der Waals surface area contributed by atoms with E-state index in [1.165, 1.54) is 48.6 Å². The molecule has 1 amide bonds. The van der Waals surface area contributed by atoms with Gasteiger partial charge in [0.1, 0.15) is 17.5 Å². The number of nitrogens with two attached hydrogens (primary N) is 1. The van der Waals surface area contributed by atoms with Crippen LogP contribution in [0.15, 0.2) is 79.0 Å². The number of rotatable bonds is 6. The molecule has 38 heavy (non-hydrogen) atoms. The average Bonchev–Trinajstić information content (AvgIpc) is 3.30. The van der Waals surface area contributed by atoms with Crippen LogP contribution in [0.3, 0.4) is 0 Å². The fourth-order valence-electron chi connectivity index (χ4n) is 3.35. The lowest BCUT2D eigenvalue weighted by molar-refractivity contribution is -0.105. The van der Waals surface area contributed by atoms with Crippen molar-refractivity contribution in [3.63, 3.8) is 0 Å². The van der Waals surface area contributed by atoms with E-state index in [-0.39, 0.29) is 11.4 Å². The molecular formula is C27H21F3N6OS. The molecule has 7 nitrogen and oxygen atoms in total. The fourth-order valence-corrected chi connectivity index (χ4v) is 4.18. The normalized spacial score (nSPS) is 10.3. The molecular weight excluding hydrogens is 513 g/mol. The molecule has 5 aromatic rings. The van der Waals surface area contributed by atoms with Crippen LogP contribution in [0.2, 0.25) is 0 Å². The van der Waals surface area contributed by atoms with Gasteiger partial charge in [-0.1, -0.05) is 35.6 Å². The van der Waals surface area contributed by atoms with E-state index in [4.69, 9.17) is 5.73 Å². The zero-order valence-corrected chi connectivity index (χ0v) is 20.8. The van der Waals surface area contributed by atoms with Crippen molar-refractivity contribution in [2.24, 2.45) is 0 Å². The van der Waals surface area contributed by atoms with E-state index in [0.29, 0.717) is 40.3 Å². The number of nitrogens with one attached hydrogen (secondary N) is 2. The molecule has 0 unspecified atom stereocenters. The molecule has 3 aromatic carbocycles. The van der Waals surface area contributed by atoms with Crippen LogP contribution in [0.5, 0.6) is 0 Å². The minimum Gasteiger partial charge on any atom is -0.375 e. The third-order valence-corrected chi connectivity index (χ3v) is 6.08. The van der Waals surface area contributed by atoms with Gasteiger partial charge in [0.25, 0.3) is 0 Å². The first kappa shape index (κ1) is 26.3. The van der Waals surface area contributed by atoms with Crippen LogP contribution in [0.1, 0.15) is 5.56 Å². The number of nitrogen functional groups attached to an aromatic ring is 1. The van der Waals surface area contributed by atoms with Gasteiger partial charge in [-0.2, -0.15) is 0 Å². The standard InChI is InChI=1S/C20H15FN6OS.C7H6F2/c21-13-4-2-6-15(10-13)25-20-23-8-7-16(26-20)18-17(27-19(22)29-18)12-3-1-5-14(9-12)24-11-28;1-5-6(8)3-2-4-7(5)9/h1-11H,(H2,22,27)(H,24,28)(H,23,25,26);2-4H,1H3. The third-order valence-electron chi connectivity index (χ3n) is 5.18. The number of thiazole rings is 1. The number of carbonyl (C=O) groups is 1. The maximum atomic E-state index is 13.4. The van der Waals surface area contributed by atoms with Gasteiger partial charge in [-0.15, -0.1) is 0 Å². The predicted molar refractivity (Wildman–Crippen MR) is 143 cm³/mol. The molecule has 11 heteroatoms. The van der Waals surface area contributed by atoms with Crippen LogP contribution in [0.25, 0.3) is 21.8 Å². The highest BCUT2D eigenvalue weighted by Gasteiger charge is 2.16. The van der Waals surface area contributed by atoms with Crippen LogP contribution < -0.4 is 16.4 Å². The number of benzene rings is 3. The average molecular weight is 535 g/mol. The molecule has 0 saturated carbocycles. The van der Waals surface area contributed by atoms with E-state index in [9.17, 15) is 18.0 Å². The molecule has 0 radical (unpaired) electrons. The number of carbonyl (C=O) groups excluding carboxylic acids is 1. The Bertz CT molecular complexity index is 1560. The van der Waals surface area contributed by atoms with Crippen molar-refractivity contribution in [3.8, 4) is 21.8 Å². The second kappa shape index (κ2) is 12.0. The minimum absolute atomic E-state index is 0.0810. The first-order valence-electron chi connectivity index (χ1n) is 11.2. The van der Waals surface area contributed by atoms with Gasteiger partial charge in [-0.25, -0.2) is 28.1 Å². The Labute approximate surface area is 220 Å². The van der Waals surface area contributed by atoms with Gasteiger partial charge in [-0.05, 0) is 55.5 Å². The van der Waals surface area contributed by atoms with Gasteiger partial charge in [0.15, 0.2) is 5.13 Å². The van der Waals surface area contributed by atoms with Gasteiger partial charge < -0.3 is 16.4 Å². The Balaban J connectivity index is 0.000000317. The molecule has 0 fully saturated rings. The summed E-state index contributed by atoms with van der Waals surface area (Å²) in [6, 6.07) is 18.9. The smallest absolute Gasteiger partial charge is 0.227 e. The number of hydrogen-bond acceptors (Lipinski definition) is 7. The van der Waals surface area contributed by atoms with E-state index in [0.717, 1.165) is 10.4 Å². The Morgan fingerprint density at radius 3 is 2.32 bits per heavy atom. The Hall–Kier alpha value is -4.77. The molecule has 2 heterocycles. The summed E-state index contributed by atoms with van der Waals surface area (Å²) >= 11 is 1.30. The minimum atomic E-state index is -0.491. The van der Waals surface area contributed by atoms with E-state index < -0.39 is 11.6 Å². The highest BCUT2D eigenvalue weighted by atomic mass is 32.1. The number of hydrogen-bond donors (Lipinski definition) is 3. The summed E-state index contributed by atoms with van der Waals surface area (Å²) < 4.78 is 38.1. The quantitative estimate of drug-likeness (QED) is 0.213. The Morgan fingerprint density at radius 1 is 0.895 bits per heavy atom. The summed E-state index contributed by atoms with van der Waals surface area (Å²) in [7, 11) is 0. The number of halogens is 3. The van der Waals surface area contributed by atoms with Gasteiger partial charge in [0, 0.05) is 28.7 Å². The van der Waals surface area contributed by atoms with Gasteiger partial charge >= 0.3 is 0 Å². The van der Waals surface area contributed by atoms with Crippen LogP contribution >= 0.6 is 11.3 Å². The van der Waals surface area contributed by atoms with Crippen molar-refractivity contribution in [1.82, 2.24) is 15.0 Å². The largest absolute Gasteiger partial charge is 0.375 e. The van der Waals surface area contributed by atoms with Crippen LogP contribution in [0.4, 0.5) is 35.6 Å². The van der Waals surface area contributed by atoms with E-state index in [1.54, 1.807) is 36.5 Å². The molecule has 0 aliphatic heterocycles. The van der Waals surface area contributed by atoms with Crippen LogP contribution in [-0.2, 0) is 4.79 Å². The van der Waals surface area contributed by atoms with E-state index in [2.05, 4.69) is 25.6 Å². The lowest BCUT2D eigenvalue weighted by Gasteiger charge is -2.07. The lowest BCUT2D eigenvalue weighted by Crippen LogP contribution is -1.98. The molecule has 0 saturated heterocycles. The first-order chi connectivity index (χ1) is 18.3. The molecule has 5 rings (SSSR count). The predicted octanol–water partition coefficient (Wildman–Crippen LogP) is 6.57. The number of amides is 1. The lowest BCUT2D eigenvalue weighted by atomic mass is 10.1. The molecule has 0 aliphatic rings. The SMILES string of the molecule is Cc1c(F)cccc1F.Nc1nc(-c2cccc(NC=O)c2)c(-c2ccnc(Nc3cccc(F)c3)n2)s1. The fraction of sp³-hybridized carbons (Fsp3) is 0.0370. The van der Waals surface area contributed by atoms with Gasteiger partial charge in [-0.3, -0.25) is 4.79 Å². The first-order valence-corrected chi connectivity index (χ1v) is 12.0. The second-order valence-electron chi connectivity index (χ2n) is 7.82. The maximum absolute atomic E-state index is 13.4. The summed E-state index contributed by atoms with van der Waals surface area (Å²) in [5.74, 6) is -1.01. The Morgan fingerprint density at radius 2 is 1.61 bits per heavy atom. The summed E-state index contributed by atoms with van der Waals surface area (Å²) in [6.45, 7) is 1.41. The van der Waals surface area contributed by atoms with Gasteiger partial charge in [0.05, 0.1) is 16.3 Å². The highest BCUT2D eigenvalue weighted by molar-refractivity contribution is 7.19. The molecule has 192 valence electrons. The second-order valence-corrected chi connectivity index (χ2v) is 8.85. The number of aromatic nitrogens is 3. The van der Waals surface area contributed by atoms with Crippen LogP contribution in [0, 0.1) is 24.4 Å². The Kier molecular flexibility index (Phi) is 8.29. The molecule has 0 aliphatic carbocycles. The van der Waals surface area contributed by atoms with Crippen molar-refractivity contribution in [2.45, 2.75) is 6.92 Å². The summed E-state index contributed by atoms with van der Waals surface area (Å²) in [6.07, 6.45) is 2.22. The summed E-state index contributed by atoms with van der Waals surface area (Å²) in [4.78, 5) is 24.6. The maximum Gasteiger partial charge on any atom is 0.227 e. The molecule has 0 spiro atoms. The molecule has 0 bridgehead atoms. The van der Waals surface area contributed by atoms with E-state index >= 15 is 0 Å².